The maximum atomic E-state index is 8.91. The Hall–Kier alpha value is -2.16. The maximum Gasteiger partial charge on any atom is 0.161 e. The van der Waals surface area contributed by atoms with Gasteiger partial charge in [0.15, 0.2) is 5.82 Å². The zero-order chi connectivity index (χ0) is 17.9. The molecule has 0 unspecified atom stereocenters. The second-order valence-electron chi connectivity index (χ2n) is 6.93. The molecule has 6 heteroatoms. The van der Waals surface area contributed by atoms with Crippen LogP contribution in [0.1, 0.15) is 24.1 Å². The number of nitrogens with zero attached hydrogens (tertiary/aromatic N) is 5. The molecule has 0 atom stereocenters. The van der Waals surface area contributed by atoms with Crippen LogP contribution in [0.5, 0.6) is 0 Å². The molecule has 0 amide bonds. The summed E-state index contributed by atoms with van der Waals surface area (Å²) < 4.78 is 0. The molecule has 1 aromatic carbocycles. The summed E-state index contributed by atoms with van der Waals surface area (Å²) in [6, 6.07) is 10.0. The molecule has 2 aliphatic rings. The Labute approximate surface area is 159 Å². The Balaban J connectivity index is 1.69. The molecule has 0 saturated carbocycles. The Morgan fingerprint density at radius 3 is 2.65 bits per heavy atom. The molecule has 0 bridgehead atoms. The Kier molecular flexibility index (Phi) is 5.05. The molecule has 1 fully saturated rings. The van der Waals surface area contributed by atoms with Crippen molar-refractivity contribution >= 4 is 17.4 Å². The summed E-state index contributed by atoms with van der Waals surface area (Å²) in [7, 11) is 0. The van der Waals surface area contributed by atoms with Crippen molar-refractivity contribution in [2.45, 2.75) is 25.7 Å². The van der Waals surface area contributed by atoms with Crippen molar-refractivity contribution in [3.8, 4) is 17.5 Å². The first-order chi connectivity index (χ1) is 12.7. The van der Waals surface area contributed by atoms with Gasteiger partial charge in [-0.2, -0.15) is 5.26 Å². The van der Waals surface area contributed by atoms with Crippen LogP contribution in [0.25, 0.3) is 11.4 Å². The molecule has 1 aliphatic heterocycles. The van der Waals surface area contributed by atoms with E-state index in [1.165, 1.54) is 24.1 Å². The van der Waals surface area contributed by atoms with Crippen LogP contribution in [0.15, 0.2) is 24.3 Å². The van der Waals surface area contributed by atoms with Crippen LogP contribution in [0.3, 0.4) is 0 Å². The van der Waals surface area contributed by atoms with E-state index in [-0.39, 0.29) is 0 Å². The van der Waals surface area contributed by atoms with Gasteiger partial charge in [-0.05, 0) is 37.8 Å². The van der Waals surface area contributed by atoms with Crippen molar-refractivity contribution in [3.05, 3.63) is 40.5 Å². The first kappa shape index (κ1) is 17.3. The third-order valence-corrected chi connectivity index (χ3v) is 5.45. The highest BCUT2D eigenvalue weighted by atomic mass is 35.5. The van der Waals surface area contributed by atoms with Crippen molar-refractivity contribution in [3.63, 3.8) is 0 Å². The van der Waals surface area contributed by atoms with Gasteiger partial charge in [-0.3, -0.25) is 4.90 Å². The lowest BCUT2D eigenvalue weighted by Gasteiger charge is -2.36. The maximum absolute atomic E-state index is 8.91. The molecule has 0 radical (unpaired) electrons. The zero-order valence-electron chi connectivity index (χ0n) is 14.8. The van der Waals surface area contributed by atoms with Crippen LogP contribution >= 0.6 is 11.6 Å². The summed E-state index contributed by atoms with van der Waals surface area (Å²) in [5.74, 6) is 1.85. The number of aryl methyl sites for hydroxylation is 1. The van der Waals surface area contributed by atoms with E-state index in [1.807, 2.05) is 24.3 Å². The van der Waals surface area contributed by atoms with Crippen LogP contribution in [-0.4, -0.2) is 47.6 Å². The number of hydrogen-bond donors (Lipinski definition) is 0. The van der Waals surface area contributed by atoms with E-state index in [0.29, 0.717) is 11.6 Å². The largest absolute Gasteiger partial charge is 0.354 e. The molecule has 4 rings (SSSR count). The minimum Gasteiger partial charge on any atom is -0.354 e. The average Bonchev–Trinajstić information content (AvgIpc) is 2.68. The molecule has 1 aliphatic carbocycles. The van der Waals surface area contributed by atoms with Gasteiger partial charge in [0.05, 0.1) is 12.6 Å². The number of anilines is 1. The fourth-order valence-corrected chi connectivity index (χ4v) is 4.00. The SMILES string of the molecule is N#CCN1CCN(c2nc(-c3cccc(Cl)c3)nc3c2CCCC3)CC1. The third-order valence-electron chi connectivity index (χ3n) is 5.21. The number of nitriles is 1. The molecular formula is C20H22ClN5. The lowest BCUT2D eigenvalue weighted by molar-refractivity contribution is 0.286. The second-order valence-corrected chi connectivity index (χ2v) is 7.37. The molecule has 0 spiro atoms. The number of rotatable bonds is 3. The Morgan fingerprint density at radius 1 is 1.08 bits per heavy atom. The van der Waals surface area contributed by atoms with E-state index >= 15 is 0 Å². The quantitative estimate of drug-likeness (QED) is 0.779. The van der Waals surface area contributed by atoms with E-state index in [4.69, 9.17) is 26.8 Å². The monoisotopic (exact) mass is 367 g/mol. The third kappa shape index (κ3) is 3.53. The summed E-state index contributed by atoms with van der Waals surface area (Å²) in [5.41, 5.74) is 3.47. The predicted octanol–water partition coefficient (Wildman–Crippen LogP) is 3.32. The number of hydrogen-bond acceptors (Lipinski definition) is 5. The molecule has 2 heterocycles. The fraction of sp³-hybridized carbons (Fsp3) is 0.450. The topological polar surface area (TPSA) is 56.1 Å². The average molecular weight is 368 g/mol. The normalized spacial score (nSPS) is 17.6. The van der Waals surface area contributed by atoms with Gasteiger partial charge in [-0.15, -0.1) is 0 Å². The van der Waals surface area contributed by atoms with Crippen LogP contribution in [-0.2, 0) is 12.8 Å². The molecule has 5 nitrogen and oxygen atoms in total. The molecular weight excluding hydrogens is 346 g/mol. The molecule has 26 heavy (non-hydrogen) atoms. The summed E-state index contributed by atoms with van der Waals surface area (Å²) in [6.07, 6.45) is 4.47. The smallest absolute Gasteiger partial charge is 0.161 e. The second kappa shape index (κ2) is 7.61. The Morgan fingerprint density at radius 2 is 1.88 bits per heavy atom. The minimum atomic E-state index is 0.503. The van der Waals surface area contributed by atoms with E-state index in [9.17, 15) is 0 Å². The predicted molar refractivity (Wildman–Crippen MR) is 103 cm³/mol. The van der Waals surface area contributed by atoms with E-state index in [0.717, 1.165) is 56.2 Å². The van der Waals surface area contributed by atoms with Gasteiger partial charge in [-0.1, -0.05) is 23.7 Å². The van der Waals surface area contributed by atoms with Crippen molar-refractivity contribution in [1.29, 1.82) is 5.26 Å². The number of fused-ring (bicyclic) bond motifs is 1. The first-order valence-electron chi connectivity index (χ1n) is 9.24. The summed E-state index contributed by atoms with van der Waals surface area (Å²) >= 11 is 6.17. The summed E-state index contributed by atoms with van der Waals surface area (Å²) in [5, 5.41) is 9.61. The highest BCUT2D eigenvalue weighted by Gasteiger charge is 2.25. The number of piperazine rings is 1. The number of benzene rings is 1. The van der Waals surface area contributed by atoms with Crippen LogP contribution in [0.2, 0.25) is 5.02 Å². The van der Waals surface area contributed by atoms with Crippen LogP contribution < -0.4 is 4.90 Å². The molecule has 1 aromatic heterocycles. The first-order valence-corrected chi connectivity index (χ1v) is 9.62. The minimum absolute atomic E-state index is 0.503. The standard InChI is InChI=1S/C20H22ClN5/c21-16-5-3-4-15(14-16)19-23-18-7-2-1-6-17(18)20(24-19)26-12-10-25(9-8-22)11-13-26/h3-5,14H,1-2,6-7,9-13H2. The van der Waals surface area contributed by atoms with Gasteiger partial charge in [0, 0.05) is 48.0 Å². The lowest BCUT2D eigenvalue weighted by atomic mass is 9.95. The van der Waals surface area contributed by atoms with Gasteiger partial charge in [0.2, 0.25) is 0 Å². The van der Waals surface area contributed by atoms with E-state index < -0.39 is 0 Å². The molecule has 2 aromatic rings. The van der Waals surface area contributed by atoms with Crippen LogP contribution in [0.4, 0.5) is 5.82 Å². The molecule has 1 saturated heterocycles. The highest BCUT2D eigenvalue weighted by molar-refractivity contribution is 6.30. The zero-order valence-corrected chi connectivity index (χ0v) is 15.5. The number of halogens is 1. The van der Waals surface area contributed by atoms with Gasteiger partial charge >= 0.3 is 0 Å². The van der Waals surface area contributed by atoms with Gasteiger partial charge in [0.1, 0.15) is 5.82 Å². The van der Waals surface area contributed by atoms with Gasteiger partial charge < -0.3 is 4.90 Å². The molecule has 0 N–H and O–H groups in total. The van der Waals surface area contributed by atoms with Gasteiger partial charge in [0.25, 0.3) is 0 Å². The fourth-order valence-electron chi connectivity index (χ4n) is 3.81. The number of aromatic nitrogens is 2. The van der Waals surface area contributed by atoms with E-state index in [1.54, 1.807) is 0 Å². The summed E-state index contributed by atoms with van der Waals surface area (Å²) in [4.78, 5) is 14.4. The van der Waals surface area contributed by atoms with Gasteiger partial charge in [-0.25, -0.2) is 9.97 Å². The van der Waals surface area contributed by atoms with Crippen molar-refractivity contribution in [2.75, 3.05) is 37.6 Å². The summed E-state index contributed by atoms with van der Waals surface area (Å²) in [6.45, 7) is 4.11. The van der Waals surface area contributed by atoms with Crippen molar-refractivity contribution in [1.82, 2.24) is 14.9 Å². The van der Waals surface area contributed by atoms with Crippen molar-refractivity contribution < 1.29 is 0 Å². The lowest BCUT2D eigenvalue weighted by Crippen LogP contribution is -2.47. The van der Waals surface area contributed by atoms with Crippen LogP contribution in [0, 0.1) is 11.3 Å². The van der Waals surface area contributed by atoms with E-state index in [2.05, 4.69) is 15.9 Å². The molecule has 134 valence electrons. The Bertz CT molecular complexity index is 837. The van der Waals surface area contributed by atoms with Crippen molar-refractivity contribution in [2.24, 2.45) is 0 Å². The highest BCUT2D eigenvalue weighted by Crippen LogP contribution is 2.31.